The summed E-state index contributed by atoms with van der Waals surface area (Å²) in [6, 6.07) is 71.0. The monoisotopic (exact) mass is 754 g/mol. The summed E-state index contributed by atoms with van der Waals surface area (Å²) < 4.78 is 2.35. The van der Waals surface area contributed by atoms with E-state index >= 15 is 0 Å². The molecule has 8 aromatic carbocycles. The van der Waals surface area contributed by atoms with Crippen LogP contribution in [0.5, 0.6) is 0 Å². The van der Waals surface area contributed by atoms with Crippen molar-refractivity contribution in [3.63, 3.8) is 0 Å². The summed E-state index contributed by atoms with van der Waals surface area (Å²) in [6.07, 6.45) is 0. The van der Waals surface area contributed by atoms with Crippen LogP contribution < -0.4 is 0 Å². The highest BCUT2D eigenvalue weighted by Crippen LogP contribution is 2.40. The van der Waals surface area contributed by atoms with Gasteiger partial charge in [-0.15, -0.1) is 0 Å². The molecule has 0 atom stereocenters. The van der Waals surface area contributed by atoms with Crippen LogP contribution in [0.1, 0.15) is 0 Å². The molecule has 0 saturated heterocycles. The highest BCUT2D eigenvalue weighted by molar-refractivity contribution is 6.10. The van der Waals surface area contributed by atoms with Crippen molar-refractivity contribution in [2.75, 3.05) is 0 Å². The van der Waals surface area contributed by atoms with Crippen molar-refractivity contribution in [1.82, 2.24) is 29.5 Å². The second-order valence-corrected chi connectivity index (χ2v) is 14.5. The maximum absolute atomic E-state index is 5.27. The topological polar surface area (TPSA) is 69.4 Å². The number of rotatable bonds is 7. The van der Waals surface area contributed by atoms with E-state index in [-0.39, 0.29) is 0 Å². The van der Waals surface area contributed by atoms with E-state index in [1.807, 2.05) is 91.0 Å². The molecule has 3 heterocycles. The SMILES string of the molecule is c1ccc(-c2ccc3c4ccccc4n(-c4ccc(-c5nc(-c6ccccc6)c6ccccc6n5)cc4-c4nc(-c5ccccc5)nc(-c5ccccc5)n4)c3c2)cc1. The van der Waals surface area contributed by atoms with Crippen molar-refractivity contribution in [2.45, 2.75) is 0 Å². The van der Waals surface area contributed by atoms with Gasteiger partial charge in [-0.3, -0.25) is 0 Å². The minimum absolute atomic E-state index is 0.545. The Labute approximate surface area is 340 Å². The summed E-state index contributed by atoms with van der Waals surface area (Å²) in [5.41, 5.74) is 11.6. The molecule has 0 aliphatic carbocycles. The van der Waals surface area contributed by atoms with Gasteiger partial charge in [0.1, 0.15) is 0 Å². The molecule has 0 aliphatic heterocycles. The molecule has 0 aliphatic rings. The largest absolute Gasteiger partial charge is 0.308 e. The normalized spacial score (nSPS) is 11.4. The number of para-hydroxylation sites is 2. The van der Waals surface area contributed by atoms with Gasteiger partial charge in [0.05, 0.1) is 27.9 Å². The van der Waals surface area contributed by atoms with Crippen LogP contribution in [0.2, 0.25) is 0 Å². The zero-order valence-corrected chi connectivity index (χ0v) is 31.8. The Morgan fingerprint density at radius 3 is 1.47 bits per heavy atom. The molecule has 11 rings (SSSR count). The van der Waals surface area contributed by atoms with Crippen molar-refractivity contribution in [1.29, 1.82) is 0 Å². The van der Waals surface area contributed by atoms with Gasteiger partial charge in [0.25, 0.3) is 0 Å². The lowest BCUT2D eigenvalue weighted by Gasteiger charge is -2.17. The molecule has 0 saturated carbocycles. The molecule has 3 aromatic heterocycles. The first kappa shape index (κ1) is 34.2. The third-order valence-corrected chi connectivity index (χ3v) is 10.9. The number of hydrogen-bond acceptors (Lipinski definition) is 5. The Morgan fingerprint density at radius 2 is 0.797 bits per heavy atom. The predicted octanol–water partition coefficient (Wildman–Crippen LogP) is 12.9. The molecule has 0 amide bonds. The lowest BCUT2D eigenvalue weighted by Crippen LogP contribution is -2.04. The number of aromatic nitrogens is 6. The first-order chi connectivity index (χ1) is 29.2. The fourth-order valence-corrected chi connectivity index (χ4v) is 8.04. The average molecular weight is 755 g/mol. The molecule has 59 heavy (non-hydrogen) atoms. The third-order valence-electron chi connectivity index (χ3n) is 10.9. The first-order valence-corrected chi connectivity index (χ1v) is 19.7. The van der Waals surface area contributed by atoms with Gasteiger partial charge in [-0.2, -0.15) is 0 Å². The van der Waals surface area contributed by atoms with E-state index in [1.54, 1.807) is 0 Å². The fraction of sp³-hybridized carbons (Fsp3) is 0. The van der Waals surface area contributed by atoms with E-state index < -0.39 is 0 Å². The molecule has 11 aromatic rings. The highest BCUT2D eigenvalue weighted by atomic mass is 15.1. The van der Waals surface area contributed by atoms with E-state index in [2.05, 4.69) is 120 Å². The molecule has 6 heteroatoms. The Morgan fingerprint density at radius 1 is 0.288 bits per heavy atom. The summed E-state index contributed by atoms with van der Waals surface area (Å²) >= 11 is 0. The van der Waals surface area contributed by atoms with E-state index in [0.717, 1.165) is 83.0 Å². The molecule has 6 nitrogen and oxygen atoms in total. The van der Waals surface area contributed by atoms with Gasteiger partial charge < -0.3 is 4.57 Å². The van der Waals surface area contributed by atoms with Gasteiger partial charge in [0.2, 0.25) is 0 Å². The van der Waals surface area contributed by atoms with Crippen LogP contribution in [0, 0.1) is 0 Å². The van der Waals surface area contributed by atoms with Crippen LogP contribution in [0.4, 0.5) is 0 Å². The summed E-state index contributed by atoms with van der Waals surface area (Å²) in [4.78, 5) is 26.0. The van der Waals surface area contributed by atoms with Crippen molar-refractivity contribution in [2.24, 2.45) is 0 Å². The van der Waals surface area contributed by atoms with Crippen LogP contribution in [0.15, 0.2) is 206 Å². The van der Waals surface area contributed by atoms with Crippen LogP contribution in [-0.2, 0) is 0 Å². The van der Waals surface area contributed by atoms with Crippen LogP contribution in [-0.4, -0.2) is 29.5 Å². The highest BCUT2D eigenvalue weighted by Gasteiger charge is 2.22. The summed E-state index contributed by atoms with van der Waals surface area (Å²) in [7, 11) is 0. The van der Waals surface area contributed by atoms with Crippen LogP contribution in [0.25, 0.3) is 106 Å². The number of hydrogen-bond donors (Lipinski definition) is 0. The van der Waals surface area contributed by atoms with Gasteiger partial charge in [0, 0.05) is 44.0 Å². The molecule has 0 fully saturated rings. The zero-order valence-electron chi connectivity index (χ0n) is 31.8. The molecule has 0 spiro atoms. The standard InChI is InChI=1S/C53H34N6/c1-5-17-35(18-6-1)39-29-31-42-41-25-14-16-28-46(41)59(48(42)34-39)47-32-30-40(52-54-45-27-15-13-26-43(45)49(55-52)36-19-7-2-8-20-36)33-44(47)53-57-50(37-21-9-3-10-22-37)56-51(58-53)38-23-11-4-12-24-38/h1-34H. The minimum Gasteiger partial charge on any atom is -0.308 e. The van der Waals surface area contributed by atoms with Gasteiger partial charge in [-0.1, -0.05) is 170 Å². The van der Waals surface area contributed by atoms with Gasteiger partial charge >= 0.3 is 0 Å². The van der Waals surface area contributed by atoms with Crippen molar-refractivity contribution in [3.05, 3.63) is 206 Å². The molecule has 0 bridgehead atoms. The molecule has 0 radical (unpaired) electrons. The Balaban J connectivity index is 1.22. The number of nitrogens with zero attached hydrogens (tertiary/aromatic N) is 6. The molecule has 276 valence electrons. The number of fused-ring (bicyclic) bond motifs is 4. The summed E-state index contributed by atoms with van der Waals surface area (Å²) in [5, 5.41) is 3.32. The number of benzene rings is 8. The lowest BCUT2D eigenvalue weighted by atomic mass is 10.0. The third kappa shape index (κ3) is 6.20. The Hall–Kier alpha value is -8.09. The predicted molar refractivity (Wildman–Crippen MR) is 240 cm³/mol. The first-order valence-electron chi connectivity index (χ1n) is 19.7. The maximum Gasteiger partial charge on any atom is 0.166 e. The van der Waals surface area contributed by atoms with E-state index in [9.17, 15) is 0 Å². The molecular weight excluding hydrogens is 721 g/mol. The minimum atomic E-state index is 0.545. The van der Waals surface area contributed by atoms with E-state index in [4.69, 9.17) is 24.9 Å². The zero-order chi connectivity index (χ0) is 39.1. The molecule has 0 unspecified atom stereocenters. The fourth-order valence-electron chi connectivity index (χ4n) is 8.04. The Kier molecular flexibility index (Phi) is 8.37. The van der Waals surface area contributed by atoms with Crippen molar-refractivity contribution < 1.29 is 0 Å². The second-order valence-electron chi connectivity index (χ2n) is 14.5. The van der Waals surface area contributed by atoms with Crippen molar-refractivity contribution in [3.8, 4) is 73.6 Å². The molecule has 0 N–H and O–H groups in total. The smallest absolute Gasteiger partial charge is 0.166 e. The van der Waals surface area contributed by atoms with Gasteiger partial charge in [-0.05, 0) is 47.5 Å². The van der Waals surface area contributed by atoms with Crippen LogP contribution in [0.3, 0.4) is 0 Å². The summed E-state index contributed by atoms with van der Waals surface area (Å²) in [5.74, 6) is 2.34. The summed E-state index contributed by atoms with van der Waals surface area (Å²) in [6.45, 7) is 0. The maximum atomic E-state index is 5.27. The average Bonchev–Trinajstić information content (AvgIpc) is 3.65. The lowest BCUT2D eigenvalue weighted by molar-refractivity contribution is 1.06. The van der Waals surface area contributed by atoms with Gasteiger partial charge in [-0.25, -0.2) is 24.9 Å². The Bertz CT molecular complexity index is 3250. The van der Waals surface area contributed by atoms with Crippen molar-refractivity contribution >= 4 is 32.7 Å². The molecular formula is C53H34N6. The van der Waals surface area contributed by atoms with E-state index in [1.165, 1.54) is 0 Å². The van der Waals surface area contributed by atoms with Gasteiger partial charge in [0.15, 0.2) is 23.3 Å². The second kappa shape index (κ2) is 14.4. The van der Waals surface area contributed by atoms with Crippen LogP contribution >= 0.6 is 0 Å². The quantitative estimate of drug-likeness (QED) is 0.162. The van der Waals surface area contributed by atoms with E-state index in [0.29, 0.717) is 23.3 Å².